The fourth-order valence-electron chi connectivity index (χ4n) is 2.68. The number of H-pyrrole nitrogens is 1. The first-order valence-corrected chi connectivity index (χ1v) is 11.0. The van der Waals surface area contributed by atoms with Gasteiger partial charge in [-0.3, -0.25) is 14.2 Å². The molecule has 9 nitrogen and oxygen atoms in total. The number of thiazole rings is 1. The Morgan fingerprint density at radius 1 is 1.32 bits per heavy atom. The first kappa shape index (κ1) is 20.0. The van der Waals surface area contributed by atoms with E-state index in [-0.39, 0.29) is 23.6 Å². The highest BCUT2D eigenvalue weighted by Gasteiger charge is 2.14. The van der Waals surface area contributed by atoms with Crippen molar-refractivity contribution in [1.29, 1.82) is 0 Å². The number of fused-ring (bicyclic) bond motifs is 1. The van der Waals surface area contributed by atoms with Crippen LogP contribution in [-0.2, 0) is 28.1 Å². The molecule has 1 aromatic carbocycles. The second-order valence-corrected chi connectivity index (χ2v) is 9.41. The maximum atomic E-state index is 12.2. The van der Waals surface area contributed by atoms with Gasteiger partial charge in [0.2, 0.25) is 5.91 Å². The standard InChI is InChI=1S/C17H18N4O5S2/c1-9-11(15(23)21(2)17(24)18-9)5-7-14(22)20-16-19-12-6-4-10(28(3,25)26)8-13(12)27-16/h4,6,8H,5,7H2,1-3H3,(H,18,24)(H,19,20,22). The van der Waals surface area contributed by atoms with E-state index >= 15 is 0 Å². The number of benzene rings is 1. The van der Waals surface area contributed by atoms with Crippen molar-refractivity contribution >= 4 is 42.4 Å². The second-order valence-electron chi connectivity index (χ2n) is 6.37. The van der Waals surface area contributed by atoms with E-state index in [1.807, 2.05) is 0 Å². The highest BCUT2D eigenvalue weighted by Crippen LogP contribution is 2.28. The molecule has 0 fully saturated rings. The smallest absolute Gasteiger partial charge is 0.311 e. The summed E-state index contributed by atoms with van der Waals surface area (Å²) in [6.45, 7) is 1.61. The average molecular weight is 422 g/mol. The van der Waals surface area contributed by atoms with Gasteiger partial charge in [-0.15, -0.1) is 0 Å². The topological polar surface area (TPSA) is 131 Å². The number of nitrogens with one attached hydrogen (secondary N) is 2. The van der Waals surface area contributed by atoms with E-state index in [0.717, 1.165) is 10.8 Å². The Morgan fingerprint density at radius 2 is 2.04 bits per heavy atom. The van der Waals surface area contributed by atoms with E-state index < -0.39 is 21.1 Å². The number of carbonyl (C=O) groups is 1. The molecule has 2 aromatic heterocycles. The number of anilines is 1. The largest absolute Gasteiger partial charge is 0.328 e. The fourth-order valence-corrected chi connectivity index (χ4v) is 4.32. The van der Waals surface area contributed by atoms with Crippen LogP contribution in [0.2, 0.25) is 0 Å². The number of nitrogens with zero attached hydrogens (tertiary/aromatic N) is 2. The molecule has 0 saturated heterocycles. The Balaban J connectivity index is 1.75. The van der Waals surface area contributed by atoms with Gasteiger partial charge in [0.05, 0.1) is 15.1 Å². The van der Waals surface area contributed by atoms with Crippen LogP contribution in [0.3, 0.4) is 0 Å². The van der Waals surface area contributed by atoms with Crippen LogP contribution in [0, 0.1) is 6.92 Å². The summed E-state index contributed by atoms with van der Waals surface area (Å²) in [5.74, 6) is -0.338. The van der Waals surface area contributed by atoms with Crippen molar-refractivity contribution in [3.63, 3.8) is 0 Å². The maximum Gasteiger partial charge on any atom is 0.328 e. The summed E-state index contributed by atoms with van der Waals surface area (Å²) >= 11 is 1.17. The Bertz CT molecular complexity index is 1300. The normalized spacial score (nSPS) is 11.7. The van der Waals surface area contributed by atoms with Gasteiger partial charge in [0.1, 0.15) is 0 Å². The predicted octanol–water partition coefficient (Wildman–Crippen LogP) is 0.967. The molecule has 2 N–H and O–H groups in total. The molecular weight excluding hydrogens is 404 g/mol. The van der Waals surface area contributed by atoms with Crippen molar-refractivity contribution in [1.82, 2.24) is 14.5 Å². The Morgan fingerprint density at radius 3 is 2.71 bits per heavy atom. The molecule has 2 heterocycles. The van der Waals surface area contributed by atoms with Crippen LogP contribution in [0.15, 0.2) is 32.7 Å². The van der Waals surface area contributed by atoms with Gasteiger partial charge in [-0.25, -0.2) is 18.2 Å². The molecule has 11 heteroatoms. The second kappa shape index (κ2) is 7.32. The molecule has 148 valence electrons. The van der Waals surface area contributed by atoms with E-state index in [4.69, 9.17) is 0 Å². The molecule has 3 aromatic rings. The summed E-state index contributed by atoms with van der Waals surface area (Å²) in [4.78, 5) is 43.0. The number of aromatic amines is 1. The summed E-state index contributed by atoms with van der Waals surface area (Å²) in [6, 6.07) is 4.58. The van der Waals surface area contributed by atoms with Crippen LogP contribution in [0.4, 0.5) is 5.13 Å². The lowest BCUT2D eigenvalue weighted by molar-refractivity contribution is -0.116. The number of amides is 1. The van der Waals surface area contributed by atoms with Gasteiger partial charge in [-0.2, -0.15) is 0 Å². The molecule has 1 amide bonds. The molecular formula is C17H18N4O5S2. The molecule has 0 unspecified atom stereocenters. The van der Waals surface area contributed by atoms with Gasteiger partial charge in [-0.05, 0) is 31.5 Å². The minimum atomic E-state index is -3.33. The van der Waals surface area contributed by atoms with Crippen LogP contribution in [-0.4, -0.2) is 35.1 Å². The summed E-state index contributed by atoms with van der Waals surface area (Å²) in [5.41, 5.74) is 0.465. The van der Waals surface area contributed by atoms with Crippen molar-refractivity contribution in [3.05, 3.63) is 50.3 Å². The van der Waals surface area contributed by atoms with Crippen LogP contribution < -0.4 is 16.6 Å². The summed E-state index contributed by atoms with van der Waals surface area (Å²) < 4.78 is 24.9. The van der Waals surface area contributed by atoms with E-state index in [9.17, 15) is 22.8 Å². The lowest BCUT2D eigenvalue weighted by Crippen LogP contribution is -2.36. The number of sulfone groups is 1. The highest BCUT2D eigenvalue weighted by molar-refractivity contribution is 7.90. The zero-order valence-corrected chi connectivity index (χ0v) is 17.0. The number of aryl methyl sites for hydroxylation is 1. The van der Waals surface area contributed by atoms with Crippen LogP contribution in [0.25, 0.3) is 10.2 Å². The predicted molar refractivity (Wildman–Crippen MR) is 107 cm³/mol. The minimum absolute atomic E-state index is 0.0344. The molecule has 0 spiro atoms. The number of hydrogen-bond donors (Lipinski definition) is 2. The number of hydrogen-bond acceptors (Lipinski definition) is 7. The van der Waals surface area contributed by atoms with E-state index in [2.05, 4.69) is 15.3 Å². The van der Waals surface area contributed by atoms with Gasteiger partial charge >= 0.3 is 5.69 Å². The third-order valence-corrected chi connectivity index (χ3v) is 6.29. The van der Waals surface area contributed by atoms with E-state index in [0.29, 0.717) is 26.6 Å². The zero-order chi connectivity index (χ0) is 20.6. The minimum Gasteiger partial charge on any atom is -0.311 e. The summed E-state index contributed by atoms with van der Waals surface area (Å²) in [6.07, 6.45) is 1.33. The molecule has 0 aliphatic rings. The molecule has 0 atom stereocenters. The number of carbonyl (C=O) groups excluding carboxylic acids is 1. The van der Waals surface area contributed by atoms with Crippen LogP contribution >= 0.6 is 11.3 Å². The van der Waals surface area contributed by atoms with Gasteiger partial charge in [-0.1, -0.05) is 11.3 Å². The third kappa shape index (κ3) is 4.04. The highest BCUT2D eigenvalue weighted by atomic mass is 32.2. The van der Waals surface area contributed by atoms with Crippen molar-refractivity contribution in [2.45, 2.75) is 24.7 Å². The first-order chi connectivity index (χ1) is 13.1. The summed E-state index contributed by atoms with van der Waals surface area (Å²) in [7, 11) is -1.96. The SMILES string of the molecule is Cc1[nH]c(=O)n(C)c(=O)c1CCC(=O)Nc1nc2ccc(S(C)(=O)=O)cc2s1. The fraction of sp³-hybridized carbons (Fsp3) is 0.294. The molecule has 0 aliphatic heterocycles. The number of aromatic nitrogens is 3. The molecule has 0 radical (unpaired) electrons. The third-order valence-electron chi connectivity index (χ3n) is 4.25. The molecule has 0 saturated carbocycles. The Kier molecular flexibility index (Phi) is 5.22. The average Bonchev–Trinajstić information content (AvgIpc) is 3.00. The molecule has 3 rings (SSSR count). The van der Waals surface area contributed by atoms with E-state index in [1.165, 1.54) is 30.5 Å². The lowest BCUT2D eigenvalue weighted by Gasteiger charge is -2.06. The van der Waals surface area contributed by atoms with Gasteiger partial charge in [0, 0.05) is 31.0 Å². The van der Waals surface area contributed by atoms with Crippen molar-refractivity contribution in [2.75, 3.05) is 11.6 Å². The van der Waals surface area contributed by atoms with Gasteiger partial charge in [0.15, 0.2) is 15.0 Å². The first-order valence-electron chi connectivity index (χ1n) is 8.25. The van der Waals surface area contributed by atoms with E-state index in [1.54, 1.807) is 13.0 Å². The van der Waals surface area contributed by atoms with Gasteiger partial charge in [0.25, 0.3) is 5.56 Å². The Labute approximate surface area is 164 Å². The van der Waals surface area contributed by atoms with Crippen LogP contribution in [0.1, 0.15) is 17.7 Å². The molecule has 28 heavy (non-hydrogen) atoms. The van der Waals surface area contributed by atoms with Crippen molar-refractivity contribution in [3.8, 4) is 0 Å². The monoisotopic (exact) mass is 422 g/mol. The quantitative estimate of drug-likeness (QED) is 0.630. The summed E-state index contributed by atoms with van der Waals surface area (Å²) in [5, 5.41) is 3.01. The van der Waals surface area contributed by atoms with Gasteiger partial charge < -0.3 is 10.3 Å². The maximum absolute atomic E-state index is 12.2. The van der Waals surface area contributed by atoms with Crippen LogP contribution in [0.5, 0.6) is 0 Å². The molecule has 0 bridgehead atoms. The lowest BCUT2D eigenvalue weighted by atomic mass is 10.1. The molecule has 0 aliphatic carbocycles. The van der Waals surface area contributed by atoms with Crippen molar-refractivity contribution in [2.24, 2.45) is 7.05 Å². The Hall–Kier alpha value is -2.79. The number of rotatable bonds is 5. The zero-order valence-electron chi connectivity index (χ0n) is 15.4. The van der Waals surface area contributed by atoms with Crippen molar-refractivity contribution < 1.29 is 13.2 Å².